The number of carbonyl (C=O) groups is 3. The fourth-order valence-corrected chi connectivity index (χ4v) is 4.46. The number of methoxy groups -OCH3 is 2. The number of nitrogens with one attached hydrogen (secondary N) is 3. The van der Waals surface area contributed by atoms with Crippen LogP contribution in [0, 0.1) is 0 Å². The van der Waals surface area contributed by atoms with Crippen LogP contribution >= 0.6 is 0 Å². The molecule has 16 heteroatoms. The van der Waals surface area contributed by atoms with Gasteiger partial charge >= 0.3 is 12.1 Å². The quantitative estimate of drug-likeness (QED) is 0.192. The molecular formula is C30H24F3N7O6. The predicted molar refractivity (Wildman–Crippen MR) is 159 cm³/mol. The van der Waals surface area contributed by atoms with Crippen molar-refractivity contribution >= 4 is 46.3 Å². The molecule has 0 aliphatic carbocycles. The highest BCUT2D eigenvalue weighted by molar-refractivity contribution is 6.06. The van der Waals surface area contributed by atoms with Crippen molar-refractivity contribution in [3.05, 3.63) is 84.3 Å². The lowest BCUT2D eigenvalue weighted by molar-refractivity contribution is -0.192. The van der Waals surface area contributed by atoms with Crippen LogP contribution in [0.1, 0.15) is 15.9 Å². The van der Waals surface area contributed by atoms with Crippen LogP contribution in [0.15, 0.2) is 73.2 Å². The van der Waals surface area contributed by atoms with Gasteiger partial charge in [0.2, 0.25) is 5.91 Å². The van der Waals surface area contributed by atoms with Crippen molar-refractivity contribution in [2.75, 3.05) is 30.2 Å². The van der Waals surface area contributed by atoms with Gasteiger partial charge in [-0.25, -0.2) is 14.3 Å². The summed E-state index contributed by atoms with van der Waals surface area (Å²) in [6.07, 6.45) is -1.47. The van der Waals surface area contributed by atoms with Crippen LogP contribution in [0.2, 0.25) is 0 Å². The van der Waals surface area contributed by atoms with Crippen LogP contribution in [-0.4, -0.2) is 62.9 Å². The van der Waals surface area contributed by atoms with Gasteiger partial charge in [0.05, 0.1) is 26.3 Å². The molecule has 46 heavy (non-hydrogen) atoms. The van der Waals surface area contributed by atoms with E-state index in [0.717, 1.165) is 22.4 Å². The van der Waals surface area contributed by atoms with Gasteiger partial charge in [-0.3, -0.25) is 9.59 Å². The maximum atomic E-state index is 13.1. The summed E-state index contributed by atoms with van der Waals surface area (Å²) in [4.78, 5) is 42.5. The Morgan fingerprint density at radius 3 is 2.52 bits per heavy atom. The lowest BCUT2D eigenvalue weighted by Gasteiger charge is -2.13. The Morgan fingerprint density at radius 1 is 1.02 bits per heavy atom. The zero-order valence-corrected chi connectivity index (χ0v) is 24.0. The third-order valence-electron chi connectivity index (χ3n) is 6.57. The Labute approximate surface area is 258 Å². The number of hydrogen-bond acceptors (Lipinski definition) is 9. The first-order chi connectivity index (χ1) is 21.9. The number of nitrogens with zero attached hydrogens (tertiary/aromatic N) is 4. The number of carboxylic acid groups (broad SMARTS) is 1. The van der Waals surface area contributed by atoms with Crippen molar-refractivity contribution in [1.82, 2.24) is 19.6 Å². The van der Waals surface area contributed by atoms with E-state index >= 15 is 0 Å². The molecule has 0 spiro atoms. The maximum absolute atomic E-state index is 13.1. The van der Waals surface area contributed by atoms with Gasteiger partial charge in [-0.1, -0.05) is 12.1 Å². The molecule has 236 valence electrons. The average Bonchev–Trinajstić information content (AvgIpc) is 3.66. The lowest BCUT2D eigenvalue weighted by atomic mass is 10.0. The fraction of sp³-hybridized carbons (Fsp3) is 0.133. The number of benzene rings is 2. The third kappa shape index (κ3) is 6.96. The molecule has 2 amide bonds. The second-order valence-electron chi connectivity index (χ2n) is 9.64. The standard InChI is InChI=1S/C28H23N7O4.C2HF3O2/c1-38-23-8-9-24(34-28(23)39-2)32-22-12-19(14-35-26(22)29-15-30-35)16-4-3-5-17(10-16)27(37)31-20-6-7-21-18(11-20)13-25(36)33-21;3-2(4,5)1(6)7/h3-12,14-15H,13H2,1-2H3,(H,31,37)(H,32,34)(H,33,36);(H,6,7). The molecule has 0 saturated carbocycles. The number of pyridine rings is 2. The van der Waals surface area contributed by atoms with Crippen molar-refractivity contribution in [3.63, 3.8) is 0 Å². The summed E-state index contributed by atoms with van der Waals surface area (Å²) in [6, 6.07) is 18.1. The fourth-order valence-electron chi connectivity index (χ4n) is 4.46. The summed E-state index contributed by atoms with van der Waals surface area (Å²) in [6.45, 7) is 0. The van der Waals surface area contributed by atoms with Gasteiger partial charge in [0.25, 0.3) is 11.8 Å². The first-order valence-corrected chi connectivity index (χ1v) is 13.3. The molecule has 3 aromatic heterocycles. The average molecular weight is 636 g/mol. The Hall–Kier alpha value is -6.19. The molecule has 4 N–H and O–H groups in total. The molecule has 5 aromatic rings. The minimum atomic E-state index is -5.08. The van der Waals surface area contributed by atoms with Crippen LogP contribution < -0.4 is 25.4 Å². The van der Waals surface area contributed by atoms with Gasteiger partial charge in [-0.2, -0.15) is 23.3 Å². The number of hydrogen-bond donors (Lipinski definition) is 4. The number of halogens is 3. The summed E-state index contributed by atoms with van der Waals surface area (Å²) in [7, 11) is 3.08. The van der Waals surface area contributed by atoms with Crippen molar-refractivity contribution in [2.24, 2.45) is 0 Å². The van der Waals surface area contributed by atoms with E-state index in [-0.39, 0.29) is 11.8 Å². The molecule has 1 aliphatic rings. The molecule has 0 atom stereocenters. The molecule has 1 aliphatic heterocycles. The topological polar surface area (TPSA) is 169 Å². The molecule has 0 saturated heterocycles. The Balaban J connectivity index is 0.000000537. The number of rotatable bonds is 7. The molecule has 0 bridgehead atoms. The van der Waals surface area contributed by atoms with Crippen LogP contribution in [0.5, 0.6) is 11.6 Å². The molecule has 2 aromatic carbocycles. The Bertz CT molecular complexity index is 1960. The molecule has 6 rings (SSSR count). The van der Waals surface area contributed by atoms with E-state index in [1.807, 2.05) is 36.5 Å². The van der Waals surface area contributed by atoms with Gasteiger partial charge in [0.15, 0.2) is 11.4 Å². The number of anilines is 4. The minimum absolute atomic E-state index is 0.0544. The molecule has 0 fully saturated rings. The normalized spacial score (nSPS) is 12.0. The summed E-state index contributed by atoms with van der Waals surface area (Å²) < 4.78 is 44.0. The summed E-state index contributed by atoms with van der Waals surface area (Å²) in [5, 5.41) is 20.4. The SMILES string of the molecule is COc1ccc(Nc2cc(-c3cccc(C(=O)Nc4ccc5c(c4)CC(=O)N5)c3)cn3ncnc23)nc1OC.O=C(O)C(F)(F)F. The third-order valence-corrected chi connectivity index (χ3v) is 6.57. The second kappa shape index (κ2) is 12.8. The zero-order chi connectivity index (χ0) is 33.0. The van der Waals surface area contributed by atoms with E-state index in [0.29, 0.717) is 46.5 Å². The highest BCUT2D eigenvalue weighted by Gasteiger charge is 2.38. The Morgan fingerprint density at radius 2 is 1.80 bits per heavy atom. The van der Waals surface area contributed by atoms with E-state index < -0.39 is 12.1 Å². The van der Waals surface area contributed by atoms with Crippen LogP contribution in [-0.2, 0) is 16.0 Å². The van der Waals surface area contributed by atoms with E-state index in [1.165, 1.54) is 13.4 Å². The number of fused-ring (bicyclic) bond motifs is 2. The molecule has 4 heterocycles. The lowest BCUT2D eigenvalue weighted by Crippen LogP contribution is -2.21. The first kappa shape index (κ1) is 31.2. The van der Waals surface area contributed by atoms with Gasteiger partial charge < -0.3 is 30.5 Å². The predicted octanol–water partition coefficient (Wildman–Crippen LogP) is 4.93. The summed E-state index contributed by atoms with van der Waals surface area (Å²) >= 11 is 0. The highest BCUT2D eigenvalue weighted by Crippen LogP contribution is 2.31. The number of aliphatic carboxylic acids is 1. The Kier molecular flexibility index (Phi) is 8.70. The number of aromatic nitrogens is 4. The van der Waals surface area contributed by atoms with Crippen molar-refractivity contribution in [1.29, 1.82) is 0 Å². The van der Waals surface area contributed by atoms with Gasteiger partial charge in [0.1, 0.15) is 12.1 Å². The number of carbonyl (C=O) groups excluding carboxylic acids is 2. The minimum Gasteiger partial charge on any atom is -0.491 e. The first-order valence-electron chi connectivity index (χ1n) is 13.3. The molecule has 0 unspecified atom stereocenters. The van der Waals surface area contributed by atoms with E-state index in [4.69, 9.17) is 19.4 Å². The van der Waals surface area contributed by atoms with Crippen LogP contribution in [0.25, 0.3) is 16.8 Å². The number of alkyl halides is 3. The van der Waals surface area contributed by atoms with Crippen molar-refractivity contribution in [3.8, 4) is 22.8 Å². The van der Waals surface area contributed by atoms with Gasteiger partial charge in [-0.15, -0.1) is 0 Å². The molecule has 13 nitrogen and oxygen atoms in total. The van der Waals surface area contributed by atoms with Gasteiger partial charge in [0, 0.05) is 28.7 Å². The number of carboxylic acids is 1. The molecule has 0 radical (unpaired) electrons. The summed E-state index contributed by atoms with van der Waals surface area (Å²) in [5.41, 5.74) is 5.64. The number of amides is 2. The monoisotopic (exact) mass is 635 g/mol. The van der Waals surface area contributed by atoms with Crippen LogP contribution in [0.3, 0.4) is 0 Å². The van der Waals surface area contributed by atoms with E-state index in [2.05, 4.69) is 31.0 Å². The van der Waals surface area contributed by atoms with Crippen LogP contribution in [0.4, 0.5) is 36.1 Å². The van der Waals surface area contributed by atoms with Gasteiger partial charge in [-0.05, 0) is 59.7 Å². The highest BCUT2D eigenvalue weighted by atomic mass is 19.4. The number of ether oxygens (including phenoxy) is 2. The second-order valence-corrected chi connectivity index (χ2v) is 9.64. The van der Waals surface area contributed by atoms with E-state index in [9.17, 15) is 22.8 Å². The molecular weight excluding hydrogens is 611 g/mol. The van der Waals surface area contributed by atoms with E-state index in [1.54, 1.807) is 42.0 Å². The summed E-state index contributed by atoms with van der Waals surface area (Å²) in [5.74, 6) is -1.67. The van der Waals surface area contributed by atoms with Crippen molar-refractivity contribution in [2.45, 2.75) is 12.6 Å². The zero-order valence-electron chi connectivity index (χ0n) is 24.0. The smallest absolute Gasteiger partial charge is 0.490 e. The maximum Gasteiger partial charge on any atom is 0.490 e. The van der Waals surface area contributed by atoms with Crippen molar-refractivity contribution < 1.29 is 42.1 Å². The largest absolute Gasteiger partial charge is 0.491 e.